The second-order valence-electron chi connectivity index (χ2n) is 9.77. The lowest BCUT2D eigenvalue weighted by molar-refractivity contribution is -0.145. The standard InChI is InChI=1S/C32H36N2O8S/c1-7-38-25-16-21(10-15-24(25)41-18-27(35)39-8-2)17-26-30(36)34-29(22-11-13-23(14-12-22)42-19(4)5)28(31(37)40-9-3)20(6)33-32(34)43-26/h10-17,19,29H,7-9,18H2,1-6H3/b26-17-/t29-/m1/s1. The summed E-state index contributed by atoms with van der Waals surface area (Å²) in [4.78, 5) is 43.9. The molecule has 1 atom stereocenters. The number of hydrogen-bond acceptors (Lipinski definition) is 10. The van der Waals surface area contributed by atoms with Crippen molar-refractivity contribution in [3.63, 3.8) is 0 Å². The zero-order valence-corrected chi connectivity index (χ0v) is 26.0. The third kappa shape index (κ3) is 7.34. The molecule has 43 heavy (non-hydrogen) atoms. The summed E-state index contributed by atoms with van der Waals surface area (Å²) in [5, 5.41) is 0. The van der Waals surface area contributed by atoms with Gasteiger partial charge in [-0.1, -0.05) is 29.5 Å². The molecule has 0 fully saturated rings. The quantitative estimate of drug-likeness (QED) is 0.284. The number of thiazole rings is 1. The highest BCUT2D eigenvalue weighted by Gasteiger charge is 2.33. The molecule has 0 bridgehead atoms. The molecular weight excluding hydrogens is 572 g/mol. The second kappa shape index (κ2) is 14.2. The predicted molar refractivity (Wildman–Crippen MR) is 162 cm³/mol. The Morgan fingerprint density at radius 1 is 0.977 bits per heavy atom. The number of carbonyl (C=O) groups excluding carboxylic acids is 2. The number of benzene rings is 2. The second-order valence-corrected chi connectivity index (χ2v) is 10.8. The van der Waals surface area contributed by atoms with Crippen molar-refractivity contribution < 1.29 is 33.3 Å². The van der Waals surface area contributed by atoms with Crippen LogP contribution in [0.2, 0.25) is 0 Å². The van der Waals surface area contributed by atoms with Gasteiger partial charge < -0.3 is 23.7 Å². The average Bonchev–Trinajstić information content (AvgIpc) is 3.26. The van der Waals surface area contributed by atoms with E-state index in [4.69, 9.17) is 23.7 Å². The lowest BCUT2D eigenvalue weighted by Gasteiger charge is -2.25. The lowest BCUT2D eigenvalue weighted by Crippen LogP contribution is -2.39. The van der Waals surface area contributed by atoms with Crippen LogP contribution in [0.15, 0.2) is 63.5 Å². The Labute approximate surface area is 253 Å². The molecule has 0 radical (unpaired) electrons. The van der Waals surface area contributed by atoms with E-state index in [-0.39, 0.29) is 31.5 Å². The number of rotatable bonds is 12. The Kier molecular flexibility index (Phi) is 10.4. The zero-order valence-electron chi connectivity index (χ0n) is 25.2. The molecular formula is C32H36N2O8S. The van der Waals surface area contributed by atoms with Crippen molar-refractivity contribution in [1.82, 2.24) is 4.57 Å². The van der Waals surface area contributed by atoms with Gasteiger partial charge in [0.15, 0.2) is 22.9 Å². The topological polar surface area (TPSA) is 115 Å². The zero-order chi connectivity index (χ0) is 31.1. The molecule has 0 spiro atoms. The predicted octanol–water partition coefficient (Wildman–Crippen LogP) is 3.93. The van der Waals surface area contributed by atoms with Crippen molar-refractivity contribution in [2.45, 2.75) is 53.7 Å². The van der Waals surface area contributed by atoms with Crippen LogP contribution in [0.5, 0.6) is 17.2 Å². The molecule has 0 aliphatic carbocycles. The molecule has 3 aromatic rings. The highest BCUT2D eigenvalue weighted by Crippen LogP contribution is 2.32. The Bertz CT molecular complexity index is 1690. The summed E-state index contributed by atoms with van der Waals surface area (Å²) >= 11 is 1.22. The van der Waals surface area contributed by atoms with Crippen LogP contribution in [0.25, 0.3) is 6.08 Å². The van der Waals surface area contributed by atoms with Crippen LogP contribution in [0.3, 0.4) is 0 Å². The molecule has 1 aliphatic rings. The van der Waals surface area contributed by atoms with Gasteiger partial charge in [-0.05, 0) is 83.0 Å². The van der Waals surface area contributed by atoms with E-state index in [1.807, 2.05) is 45.0 Å². The summed E-state index contributed by atoms with van der Waals surface area (Å²) in [7, 11) is 0. The van der Waals surface area contributed by atoms with Gasteiger partial charge in [0.1, 0.15) is 5.75 Å². The number of ether oxygens (including phenoxy) is 5. The SMILES string of the molecule is CCOC(=O)COc1ccc(/C=c2\sc3n(c2=O)[C@H](c2ccc(OC(C)C)cc2)C(C(=O)OCC)=C(C)N=3)cc1OCC. The van der Waals surface area contributed by atoms with Crippen molar-refractivity contribution in [1.29, 1.82) is 0 Å². The minimum absolute atomic E-state index is 0.00203. The van der Waals surface area contributed by atoms with Gasteiger partial charge in [0.2, 0.25) is 0 Å². The van der Waals surface area contributed by atoms with E-state index < -0.39 is 18.0 Å². The normalized spacial score (nSPS) is 14.7. The van der Waals surface area contributed by atoms with Crippen LogP contribution in [0.4, 0.5) is 0 Å². The summed E-state index contributed by atoms with van der Waals surface area (Å²) in [6.45, 7) is 11.5. The molecule has 2 heterocycles. The van der Waals surface area contributed by atoms with Gasteiger partial charge in [0.05, 0.1) is 47.8 Å². The molecule has 1 aliphatic heterocycles. The fourth-order valence-electron chi connectivity index (χ4n) is 4.60. The molecule has 1 aromatic heterocycles. The van der Waals surface area contributed by atoms with E-state index in [1.54, 1.807) is 45.0 Å². The first-order chi connectivity index (χ1) is 20.7. The highest BCUT2D eigenvalue weighted by atomic mass is 32.1. The van der Waals surface area contributed by atoms with Crippen LogP contribution >= 0.6 is 11.3 Å². The molecule has 0 unspecified atom stereocenters. The molecule has 0 saturated heterocycles. The number of fused-ring (bicyclic) bond motifs is 1. The Balaban J connectivity index is 1.78. The summed E-state index contributed by atoms with van der Waals surface area (Å²) in [6.07, 6.45) is 1.74. The fraction of sp³-hybridized carbons (Fsp3) is 0.375. The number of nitrogens with zero attached hydrogens (tertiary/aromatic N) is 2. The van der Waals surface area contributed by atoms with Crippen molar-refractivity contribution in [3.05, 3.63) is 84.5 Å². The van der Waals surface area contributed by atoms with Crippen molar-refractivity contribution in [3.8, 4) is 17.2 Å². The monoisotopic (exact) mass is 608 g/mol. The summed E-state index contributed by atoms with van der Waals surface area (Å²) in [6, 6.07) is 11.8. The molecule has 228 valence electrons. The maximum atomic E-state index is 13.9. The molecule has 2 aromatic carbocycles. The van der Waals surface area contributed by atoms with E-state index in [0.717, 1.165) is 5.56 Å². The lowest BCUT2D eigenvalue weighted by atomic mass is 9.96. The molecule has 10 nitrogen and oxygen atoms in total. The summed E-state index contributed by atoms with van der Waals surface area (Å²) < 4.78 is 29.4. The van der Waals surface area contributed by atoms with Crippen LogP contribution in [-0.4, -0.2) is 49.0 Å². The van der Waals surface area contributed by atoms with Crippen molar-refractivity contribution in [2.24, 2.45) is 4.99 Å². The summed E-state index contributed by atoms with van der Waals surface area (Å²) in [5.74, 6) is 0.488. The third-order valence-electron chi connectivity index (χ3n) is 6.30. The first-order valence-corrected chi connectivity index (χ1v) is 15.0. The number of aromatic nitrogens is 1. The van der Waals surface area contributed by atoms with Crippen LogP contribution < -0.4 is 29.1 Å². The first kappa shape index (κ1) is 31.6. The van der Waals surface area contributed by atoms with Gasteiger partial charge in [-0.2, -0.15) is 0 Å². The van der Waals surface area contributed by atoms with Gasteiger partial charge in [0.25, 0.3) is 5.56 Å². The summed E-state index contributed by atoms with van der Waals surface area (Å²) in [5.41, 5.74) is 1.90. The number of hydrogen-bond donors (Lipinski definition) is 0. The van der Waals surface area contributed by atoms with Crippen molar-refractivity contribution in [2.75, 3.05) is 26.4 Å². The number of allylic oxidation sites excluding steroid dienone is 1. The van der Waals surface area contributed by atoms with Crippen LogP contribution in [0, 0.1) is 0 Å². The molecule has 4 rings (SSSR count). The minimum atomic E-state index is -0.733. The van der Waals surface area contributed by atoms with Gasteiger partial charge in [-0.25, -0.2) is 14.6 Å². The fourth-order valence-corrected chi connectivity index (χ4v) is 5.65. The Morgan fingerprint density at radius 3 is 2.35 bits per heavy atom. The van der Waals surface area contributed by atoms with E-state index in [9.17, 15) is 14.4 Å². The largest absolute Gasteiger partial charge is 0.491 e. The molecule has 0 N–H and O–H groups in total. The maximum absolute atomic E-state index is 13.9. The van der Waals surface area contributed by atoms with Crippen LogP contribution in [0.1, 0.15) is 58.7 Å². The smallest absolute Gasteiger partial charge is 0.344 e. The molecule has 0 amide bonds. The Morgan fingerprint density at radius 2 is 1.70 bits per heavy atom. The van der Waals surface area contributed by atoms with E-state index in [2.05, 4.69) is 4.99 Å². The van der Waals surface area contributed by atoms with E-state index in [1.165, 1.54) is 15.9 Å². The minimum Gasteiger partial charge on any atom is -0.491 e. The van der Waals surface area contributed by atoms with Gasteiger partial charge in [-0.15, -0.1) is 0 Å². The number of esters is 2. The van der Waals surface area contributed by atoms with Crippen LogP contribution in [-0.2, 0) is 19.1 Å². The van der Waals surface area contributed by atoms with Gasteiger partial charge in [0, 0.05) is 0 Å². The highest BCUT2D eigenvalue weighted by molar-refractivity contribution is 7.07. The maximum Gasteiger partial charge on any atom is 0.344 e. The van der Waals surface area contributed by atoms with E-state index >= 15 is 0 Å². The molecule has 11 heteroatoms. The van der Waals surface area contributed by atoms with Gasteiger partial charge in [-0.3, -0.25) is 9.36 Å². The molecule has 0 saturated carbocycles. The average molecular weight is 609 g/mol. The first-order valence-electron chi connectivity index (χ1n) is 14.2. The van der Waals surface area contributed by atoms with E-state index in [0.29, 0.717) is 50.0 Å². The van der Waals surface area contributed by atoms with Gasteiger partial charge >= 0.3 is 11.9 Å². The van der Waals surface area contributed by atoms with Crippen molar-refractivity contribution >= 4 is 29.4 Å². The third-order valence-corrected chi connectivity index (χ3v) is 7.28. The Hall–Kier alpha value is -4.38. The number of carbonyl (C=O) groups is 2.